The van der Waals surface area contributed by atoms with E-state index in [9.17, 15) is 4.79 Å². The summed E-state index contributed by atoms with van der Waals surface area (Å²) in [6.07, 6.45) is 3.62. The van der Waals surface area contributed by atoms with E-state index >= 15 is 0 Å². The average Bonchev–Trinajstić information content (AvgIpc) is 2.82. The Morgan fingerprint density at radius 3 is 2.77 bits per heavy atom. The lowest BCUT2D eigenvalue weighted by Crippen LogP contribution is -2.70. The van der Waals surface area contributed by atoms with Crippen LogP contribution in [0, 0.1) is 23.7 Å². The second-order valence-corrected chi connectivity index (χ2v) is 8.64. The molecule has 1 N–H and O–H groups in total. The number of ether oxygens (including phenoxy) is 3. The first kappa shape index (κ1) is 18.6. The summed E-state index contributed by atoms with van der Waals surface area (Å²) in [5.74, 6) is -0.366. The molecule has 0 unspecified atom stereocenters. The lowest BCUT2D eigenvalue weighted by Gasteiger charge is -2.60. The molecule has 5 fully saturated rings. The summed E-state index contributed by atoms with van der Waals surface area (Å²) in [5, 5.41) is 8.79. The molecule has 0 aromatic rings. The minimum atomic E-state index is -0.808. The van der Waals surface area contributed by atoms with Crippen LogP contribution >= 0.6 is 0 Å². The molecule has 5 aliphatic rings. The summed E-state index contributed by atoms with van der Waals surface area (Å²) < 4.78 is 18.5. The van der Waals surface area contributed by atoms with Crippen molar-refractivity contribution in [1.82, 2.24) is 0 Å². The van der Waals surface area contributed by atoms with Crippen LogP contribution in [-0.4, -0.2) is 41.7 Å². The highest BCUT2D eigenvalue weighted by atomic mass is 17.3. The van der Waals surface area contributed by atoms with Gasteiger partial charge in [0.25, 0.3) is 0 Å². The zero-order valence-electron chi connectivity index (χ0n) is 15.8. The van der Waals surface area contributed by atoms with Crippen molar-refractivity contribution in [3.8, 4) is 0 Å². The summed E-state index contributed by atoms with van der Waals surface area (Å²) in [6, 6.07) is 0. The first-order valence-corrected chi connectivity index (χ1v) is 9.89. The van der Waals surface area contributed by atoms with Crippen LogP contribution in [0.2, 0.25) is 0 Å². The molecule has 1 aliphatic carbocycles. The van der Waals surface area contributed by atoms with Gasteiger partial charge >= 0.3 is 5.97 Å². The number of carbonyl (C=O) groups is 1. The number of carboxylic acid groups (broad SMARTS) is 1. The molecular weight excluding hydrogens is 340 g/mol. The Morgan fingerprint density at radius 2 is 2.00 bits per heavy atom. The lowest BCUT2D eigenvalue weighted by atomic mass is 9.58. The third kappa shape index (κ3) is 2.88. The summed E-state index contributed by atoms with van der Waals surface area (Å²) in [6.45, 7) is 6.69. The summed E-state index contributed by atoms with van der Waals surface area (Å²) in [4.78, 5) is 22.6. The van der Waals surface area contributed by atoms with Gasteiger partial charge in [0, 0.05) is 24.7 Å². The van der Waals surface area contributed by atoms with E-state index in [1.807, 2.05) is 6.92 Å². The molecule has 0 radical (unpaired) electrons. The Balaban J connectivity index is 1.55. The van der Waals surface area contributed by atoms with Gasteiger partial charge in [-0.25, -0.2) is 9.78 Å². The van der Waals surface area contributed by atoms with E-state index in [4.69, 9.17) is 29.1 Å². The molecular formula is C19H30O7. The van der Waals surface area contributed by atoms with Crippen LogP contribution in [0.4, 0.5) is 0 Å². The van der Waals surface area contributed by atoms with Crippen molar-refractivity contribution in [2.24, 2.45) is 23.7 Å². The maximum atomic E-state index is 10.7. The van der Waals surface area contributed by atoms with E-state index in [1.54, 1.807) is 0 Å². The van der Waals surface area contributed by atoms with Crippen molar-refractivity contribution in [3.63, 3.8) is 0 Å². The largest absolute Gasteiger partial charge is 0.481 e. The minimum absolute atomic E-state index is 0.100. The quantitative estimate of drug-likeness (QED) is 0.588. The van der Waals surface area contributed by atoms with Crippen LogP contribution in [0.25, 0.3) is 0 Å². The number of rotatable bonds is 5. The van der Waals surface area contributed by atoms with E-state index in [2.05, 4.69) is 13.8 Å². The van der Waals surface area contributed by atoms with Gasteiger partial charge in [-0.15, -0.1) is 0 Å². The zero-order chi connectivity index (χ0) is 18.5. The van der Waals surface area contributed by atoms with Crippen molar-refractivity contribution < 1.29 is 33.9 Å². The first-order chi connectivity index (χ1) is 12.4. The molecule has 0 amide bonds. The fourth-order valence-corrected chi connectivity index (χ4v) is 5.49. The molecule has 0 aromatic heterocycles. The van der Waals surface area contributed by atoms with E-state index < -0.39 is 29.9 Å². The molecule has 4 saturated heterocycles. The second kappa shape index (κ2) is 6.71. The van der Waals surface area contributed by atoms with Crippen molar-refractivity contribution >= 4 is 5.97 Å². The Morgan fingerprint density at radius 1 is 1.19 bits per heavy atom. The molecule has 148 valence electrons. The van der Waals surface area contributed by atoms with Crippen LogP contribution < -0.4 is 0 Å². The smallest absolute Gasteiger partial charge is 0.303 e. The van der Waals surface area contributed by atoms with Crippen molar-refractivity contribution in [1.29, 1.82) is 0 Å². The highest BCUT2D eigenvalue weighted by Gasteiger charge is 2.69. The second-order valence-electron chi connectivity index (χ2n) is 8.64. The van der Waals surface area contributed by atoms with Gasteiger partial charge in [-0.05, 0) is 44.4 Å². The molecule has 1 saturated carbocycles. The fraction of sp³-hybridized carbons (Fsp3) is 0.947. The Bertz CT molecular complexity index is 554. The standard InChI is InChI=1S/C19H30O7/c1-11-6-7-14-12(2)16(22-10-4-5-15(20)21)23-17-19(14)13(11)8-9-18(3,24-17)25-26-19/h11-14,16-17H,4-10H2,1-3H3,(H,20,21)/t11-,12-,13+,14+,16+,17-,18+,19-/m1/s1. The van der Waals surface area contributed by atoms with Gasteiger partial charge in [0.15, 0.2) is 18.2 Å². The Labute approximate surface area is 154 Å². The fourth-order valence-electron chi connectivity index (χ4n) is 5.49. The maximum absolute atomic E-state index is 10.7. The van der Waals surface area contributed by atoms with E-state index in [0.717, 1.165) is 25.7 Å². The van der Waals surface area contributed by atoms with E-state index in [-0.39, 0.29) is 18.3 Å². The molecule has 7 nitrogen and oxygen atoms in total. The van der Waals surface area contributed by atoms with Gasteiger partial charge in [-0.2, -0.15) is 0 Å². The molecule has 7 heteroatoms. The topological polar surface area (TPSA) is 83.5 Å². The van der Waals surface area contributed by atoms with E-state index in [0.29, 0.717) is 24.9 Å². The van der Waals surface area contributed by atoms with Gasteiger partial charge < -0.3 is 19.3 Å². The molecule has 26 heavy (non-hydrogen) atoms. The van der Waals surface area contributed by atoms with E-state index in [1.165, 1.54) is 0 Å². The van der Waals surface area contributed by atoms with Gasteiger partial charge in [0.2, 0.25) is 5.79 Å². The SMILES string of the molecule is C[C@H]1[C@@H](OCCCC(=O)O)O[C@@H]2O[C@]3(C)CC[C@H]4[C@H](C)CC[C@@H]1[C@@]24OO3. The number of hydrogen-bond donors (Lipinski definition) is 1. The van der Waals surface area contributed by atoms with Crippen molar-refractivity contribution in [3.05, 3.63) is 0 Å². The zero-order valence-corrected chi connectivity index (χ0v) is 15.8. The molecule has 2 bridgehead atoms. The Kier molecular flexibility index (Phi) is 4.80. The van der Waals surface area contributed by atoms with Crippen LogP contribution in [0.15, 0.2) is 0 Å². The number of hydrogen-bond acceptors (Lipinski definition) is 6. The monoisotopic (exact) mass is 370 g/mol. The summed E-state index contributed by atoms with van der Waals surface area (Å²) in [5.41, 5.74) is -0.575. The average molecular weight is 370 g/mol. The normalized spacial score (nSPS) is 50.1. The molecule has 5 rings (SSSR count). The molecule has 4 aliphatic heterocycles. The number of carboxylic acids is 1. The van der Waals surface area contributed by atoms with Crippen LogP contribution in [0.5, 0.6) is 0 Å². The predicted octanol–water partition coefficient (Wildman–Crippen LogP) is 3.08. The third-order valence-electron chi connectivity index (χ3n) is 6.91. The third-order valence-corrected chi connectivity index (χ3v) is 6.91. The Hall–Kier alpha value is -0.730. The predicted molar refractivity (Wildman–Crippen MR) is 89.6 cm³/mol. The highest BCUT2D eigenvalue weighted by molar-refractivity contribution is 5.66. The number of fused-ring (bicyclic) bond motifs is 2. The molecule has 4 heterocycles. The van der Waals surface area contributed by atoms with Gasteiger partial charge in [0.05, 0.1) is 6.61 Å². The highest BCUT2D eigenvalue weighted by Crippen LogP contribution is 2.60. The first-order valence-electron chi connectivity index (χ1n) is 9.89. The van der Waals surface area contributed by atoms with Gasteiger partial charge in [-0.3, -0.25) is 4.79 Å². The maximum Gasteiger partial charge on any atom is 0.303 e. The molecule has 0 aromatic carbocycles. The molecule has 1 spiro atoms. The van der Waals surface area contributed by atoms with Crippen LogP contribution in [-0.2, 0) is 28.8 Å². The summed E-state index contributed by atoms with van der Waals surface area (Å²) >= 11 is 0. The van der Waals surface area contributed by atoms with Gasteiger partial charge in [-0.1, -0.05) is 13.8 Å². The van der Waals surface area contributed by atoms with Crippen LogP contribution in [0.1, 0.15) is 59.3 Å². The number of aliphatic carboxylic acids is 1. The van der Waals surface area contributed by atoms with Crippen molar-refractivity contribution in [2.75, 3.05) is 6.61 Å². The minimum Gasteiger partial charge on any atom is -0.481 e. The lowest BCUT2D eigenvalue weighted by molar-refractivity contribution is -0.577. The van der Waals surface area contributed by atoms with Crippen LogP contribution in [0.3, 0.4) is 0 Å². The van der Waals surface area contributed by atoms with Crippen molar-refractivity contribution in [2.45, 2.75) is 83.3 Å². The van der Waals surface area contributed by atoms with Gasteiger partial charge in [0.1, 0.15) is 0 Å². The summed E-state index contributed by atoms with van der Waals surface area (Å²) in [7, 11) is 0. The molecule has 8 atom stereocenters.